The van der Waals surface area contributed by atoms with E-state index in [2.05, 4.69) is 52.3 Å². The van der Waals surface area contributed by atoms with E-state index in [9.17, 15) is 4.79 Å². The van der Waals surface area contributed by atoms with E-state index in [1.54, 1.807) is 16.3 Å². The predicted octanol–water partition coefficient (Wildman–Crippen LogP) is 3.40. The molecule has 0 amide bonds. The lowest BCUT2D eigenvalue weighted by Crippen LogP contribution is -2.47. The van der Waals surface area contributed by atoms with Gasteiger partial charge in [0.25, 0.3) is 0 Å². The molecule has 0 unspecified atom stereocenters. The maximum absolute atomic E-state index is 11.5. The van der Waals surface area contributed by atoms with Crippen molar-refractivity contribution in [3.63, 3.8) is 0 Å². The van der Waals surface area contributed by atoms with Gasteiger partial charge in [0.15, 0.2) is 5.78 Å². The van der Waals surface area contributed by atoms with Crippen LogP contribution in [0.1, 0.15) is 28.4 Å². The first-order valence-electron chi connectivity index (χ1n) is 10.1. The number of Topliss-reactive ketones (excluding diaryl/α,β-unsaturated/α-hetero) is 1. The molecule has 1 aliphatic rings. The van der Waals surface area contributed by atoms with E-state index < -0.39 is 0 Å². The number of carbonyl (C=O) groups excluding carboxylic acids is 1. The first-order valence-corrected chi connectivity index (χ1v) is 10.5. The zero-order chi connectivity index (χ0) is 21.3. The molecule has 0 aliphatic carbocycles. The van der Waals surface area contributed by atoms with Crippen molar-refractivity contribution in [2.45, 2.75) is 27.4 Å². The van der Waals surface area contributed by atoms with Gasteiger partial charge in [-0.25, -0.2) is 4.68 Å². The van der Waals surface area contributed by atoms with Gasteiger partial charge >= 0.3 is 0 Å². The number of nitrogens with zero attached hydrogens (tertiary/aromatic N) is 6. The molecule has 1 aliphatic heterocycles. The summed E-state index contributed by atoms with van der Waals surface area (Å²) in [6, 6.07) is 14.1. The van der Waals surface area contributed by atoms with E-state index in [0.29, 0.717) is 11.4 Å². The summed E-state index contributed by atoms with van der Waals surface area (Å²) in [4.78, 5) is 16.1. The summed E-state index contributed by atoms with van der Waals surface area (Å²) in [5, 5.41) is 8.60. The first-order chi connectivity index (χ1) is 14.4. The van der Waals surface area contributed by atoms with Gasteiger partial charge in [-0.2, -0.15) is 4.68 Å². The van der Waals surface area contributed by atoms with Crippen LogP contribution in [0.2, 0.25) is 0 Å². The third-order valence-electron chi connectivity index (χ3n) is 5.58. The van der Waals surface area contributed by atoms with E-state index in [1.165, 1.54) is 5.56 Å². The van der Waals surface area contributed by atoms with Gasteiger partial charge < -0.3 is 4.90 Å². The van der Waals surface area contributed by atoms with Gasteiger partial charge in [-0.1, -0.05) is 12.1 Å². The normalized spacial score (nSPS) is 14.8. The van der Waals surface area contributed by atoms with Crippen LogP contribution < -0.4 is 4.90 Å². The Balaban J connectivity index is 1.41. The van der Waals surface area contributed by atoms with Crippen LogP contribution in [0.4, 0.5) is 5.69 Å². The molecule has 4 rings (SSSR count). The van der Waals surface area contributed by atoms with Gasteiger partial charge in [0.1, 0.15) is 0 Å². The molecule has 0 N–H and O–H groups in total. The van der Waals surface area contributed by atoms with Gasteiger partial charge in [0.2, 0.25) is 4.77 Å². The van der Waals surface area contributed by atoms with Crippen LogP contribution in [0.5, 0.6) is 0 Å². The Morgan fingerprint density at radius 1 is 1.00 bits per heavy atom. The van der Waals surface area contributed by atoms with Crippen molar-refractivity contribution in [3.05, 3.63) is 63.9 Å². The predicted molar refractivity (Wildman–Crippen MR) is 120 cm³/mol. The maximum atomic E-state index is 11.5. The number of benzene rings is 2. The third kappa shape index (κ3) is 4.20. The van der Waals surface area contributed by atoms with Gasteiger partial charge in [0, 0.05) is 37.4 Å². The summed E-state index contributed by atoms with van der Waals surface area (Å²) in [6.07, 6.45) is 0. The van der Waals surface area contributed by atoms with Crippen molar-refractivity contribution in [3.8, 4) is 5.69 Å². The Hall–Kier alpha value is -2.84. The molecule has 8 heteroatoms. The zero-order valence-electron chi connectivity index (χ0n) is 17.6. The molecule has 0 bridgehead atoms. The van der Waals surface area contributed by atoms with E-state index in [0.717, 1.165) is 48.7 Å². The number of piperazine rings is 1. The number of aromatic nitrogens is 4. The summed E-state index contributed by atoms with van der Waals surface area (Å²) in [5.74, 6) is 0.0945. The van der Waals surface area contributed by atoms with Gasteiger partial charge in [-0.3, -0.25) is 9.69 Å². The Kier molecular flexibility index (Phi) is 5.78. The number of hydrogen-bond donors (Lipinski definition) is 0. The average molecular weight is 423 g/mol. The molecule has 7 nitrogen and oxygen atoms in total. The lowest BCUT2D eigenvalue weighted by molar-refractivity contribution is 0.101. The molecular weight excluding hydrogens is 396 g/mol. The number of hydrogen-bond acceptors (Lipinski definition) is 6. The number of carbonyl (C=O) groups is 1. The second kappa shape index (κ2) is 8.49. The Morgan fingerprint density at radius 2 is 1.70 bits per heavy atom. The van der Waals surface area contributed by atoms with Crippen molar-refractivity contribution < 1.29 is 4.79 Å². The van der Waals surface area contributed by atoms with Crippen molar-refractivity contribution in [1.82, 2.24) is 24.7 Å². The number of rotatable bonds is 5. The van der Waals surface area contributed by atoms with E-state index in [4.69, 9.17) is 12.2 Å². The van der Waals surface area contributed by atoms with Crippen LogP contribution in [-0.4, -0.2) is 56.7 Å². The van der Waals surface area contributed by atoms with Gasteiger partial charge in [0.05, 0.1) is 12.4 Å². The van der Waals surface area contributed by atoms with Crippen LogP contribution in [0.3, 0.4) is 0 Å². The maximum Gasteiger partial charge on any atom is 0.221 e. The highest BCUT2D eigenvalue weighted by Crippen LogP contribution is 2.19. The Bertz CT molecular complexity index is 1110. The van der Waals surface area contributed by atoms with Crippen LogP contribution >= 0.6 is 12.2 Å². The van der Waals surface area contributed by atoms with Crippen LogP contribution in [0, 0.1) is 18.6 Å². The third-order valence-corrected chi connectivity index (χ3v) is 5.96. The Morgan fingerprint density at radius 3 is 2.37 bits per heavy atom. The molecule has 0 radical (unpaired) electrons. The van der Waals surface area contributed by atoms with E-state index in [1.807, 2.05) is 24.3 Å². The number of ketones is 1. The molecule has 2 aromatic carbocycles. The van der Waals surface area contributed by atoms with Crippen LogP contribution in [0.15, 0.2) is 42.5 Å². The molecule has 0 spiro atoms. The Labute approximate surface area is 181 Å². The summed E-state index contributed by atoms with van der Waals surface area (Å²) in [5.41, 5.74) is 5.16. The molecule has 30 heavy (non-hydrogen) atoms. The van der Waals surface area contributed by atoms with E-state index >= 15 is 0 Å². The largest absolute Gasteiger partial charge is 0.369 e. The second-order valence-electron chi connectivity index (χ2n) is 7.81. The summed E-state index contributed by atoms with van der Waals surface area (Å²) in [6.45, 7) is 9.98. The topological polar surface area (TPSA) is 59.2 Å². The monoisotopic (exact) mass is 422 g/mol. The lowest BCUT2D eigenvalue weighted by Gasteiger charge is -2.35. The van der Waals surface area contributed by atoms with Crippen LogP contribution in [-0.2, 0) is 6.67 Å². The SMILES string of the molecule is CC(=O)c1ccc(N2CCN(Cn3nnn(-c4cc(C)ccc4C)c3=S)CC2)cc1. The van der Waals surface area contributed by atoms with Crippen molar-refractivity contribution in [2.75, 3.05) is 31.1 Å². The molecule has 0 atom stereocenters. The summed E-state index contributed by atoms with van der Waals surface area (Å²) in [7, 11) is 0. The first kappa shape index (κ1) is 20.4. The highest BCUT2D eigenvalue weighted by atomic mass is 32.1. The summed E-state index contributed by atoms with van der Waals surface area (Å²) < 4.78 is 4.13. The second-order valence-corrected chi connectivity index (χ2v) is 8.18. The molecule has 156 valence electrons. The highest BCUT2D eigenvalue weighted by Gasteiger charge is 2.19. The minimum absolute atomic E-state index is 0.0945. The van der Waals surface area contributed by atoms with Crippen LogP contribution in [0.25, 0.3) is 5.69 Å². The summed E-state index contributed by atoms with van der Waals surface area (Å²) >= 11 is 5.65. The number of anilines is 1. The minimum atomic E-state index is 0.0945. The van der Waals surface area contributed by atoms with Crippen molar-refractivity contribution >= 4 is 23.7 Å². The fourth-order valence-corrected chi connectivity index (χ4v) is 3.93. The fraction of sp³-hybridized carbons (Fsp3) is 0.364. The number of aryl methyl sites for hydroxylation is 2. The molecule has 0 saturated carbocycles. The molecule has 1 aromatic heterocycles. The lowest BCUT2D eigenvalue weighted by atomic mass is 10.1. The zero-order valence-corrected chi connectivity index (χ0v) is 18.4. The van der Waals surface area contributed by atoms with Crippen molar-refractivity contribution in [2.24, 2.45) is 0 Å². The molecule has 1 saturated heterocycles. The van der Waals surface area contributed by atoms with Gasteiger partial charge in [-0.05, 0) is 84.9 Å². The molecule has 1 fully saturated rings. The average Bonchev–Trinajstić information content (AvgIpc) is 3.10. The van der Waals surface area contributed by atoms with Gasteiger partial charge in [-0.15, -0.1) is 0 Å². The molecule has 3 aromatic rings. The fourth-order valence-electron chi connectivity index (χ4n) is 3.71. The quantitative estimate of drug-likeness (QED) is 0.464. The number of tetrazole rings is 1. The standard InChI is InChI=1S/C22H26N6OS/c1-16-4-5-17(2)21(14-16)28-22(30)27(23-24-28)15-25-10-12-26(13-11-25)20-8-6-19(7-9-20)18(3)29/h4-9,14H,10-13,15H2,1-3H3. The molecule has 2 heterocycles. The van der Waals surface area contributed by atoms with E-state index in [-0.39, 0.29) is 5.78 Å². The highest BCUT2D eigenvalue weighted by molar-refractivity contribution is 7.71. The minimum Gasteiger partial charge on any atom is -0.369 e. The molecular formula is C22H26N6OS. The van der Waals surface area contributed by atoms with Crippen molar-refractivity contribution in [1.29, 1.82) is 0 Å². The smallest absolute Gasteiger partial charge is 0.221 e.